The third-order valence-corrected chi connectivity index (χ3v) is 3.09. The van der Waals surface area contributed by atoms with Gasteiger partial charge in [-0.2, -0.15) is 0 Å². The molecule has 0 saturated carbocycles. The van der Waals surface area contributed by atoms with Crippen molar-refractivity contribution in [3.8, 4) is 5.75 Å². The normalized spacial score (nSPS) is 10.1. The standard InChI is InChI=1S/C12H8BrN3O4/c13-8-6-14-4-3-9(8)15-12(18)7-1-2-10(16(19)20)11(17)5-7/h1-6,17H,(H,14,15,18). The molecule has 0 unspecified atom stereocenters. The Kier molecular flexibility index (Phi) is 3.94. The number of pyridine rings is 1. The summed E-state index contributed by atoms with van der Waals surface area (Å²) < 4.78 is 0.597. The molecule has 2 N–H and O–H groups in total. The van der Waals surface area contributed by atoms with Crippen LogP contribution in [0.4, 0.5) is 11.4 Å². The van der Waals surface area contributed by atoms with E-state index in [0.717, 1.165) is 12.1 Å². The first-order valence-electron chi connectivity index (χ1n) is 5.37. The summed E-state index contributed by atoms with van der Waals surface area (Å²) in [5, 5.41) is 22.7. The smallest absolute Gasteiger partial charge is 0.310 e. The summed E-state index contributed by atoms with van der Waals surface area (Å²) in [6.07, 6.45) is 3.02. The molecular weight excluding hydrogens is 330 g/mol. The van der Waals surface area contributed by atoms with E-state index in [1.165, 1.54) is 18.5 Å². The van der Waals surface area contributed by atoms with E-state index < -0.39 is 22.3 Å². The van der Waals surface area contributed by atoms with Gasteiger partial charge in [0, 0.05) is 24.0 Å². The highest BCUT2D eigenvalue weighted by Crippen LogP contribution is 2.27. The average molecular weight is 338 g/mol. The van der Waals surface area contributed by atoms with Crippen LogP contribution in [0.3, 0.4) is 0 Å². The SMILES string of the molecule is O=C(Nc1ccncc1Br)c1ccc([N+](=O)[O-])c(O)c1. The fourth-order valence-electron chi connectivity index (χ4n) is 1.49. The molecule has 2 aromatic rings. The zero-order valence-corrected chi connectivity index (χ0v) is 11.5. The molecule has 0 atom stereocenters. The van der Waals surface area contributed by atoms with Gasteiger partial charge in [-0.3, -0.25) is 19.9 Å². The number of nitro benzene ring substituents is 1. The number of amides is 1. The Bertz CT molecular complexity index is 690. The molecule has 0 radical (unpaired) electrons. The van der Waals surface area contributed by atoms with Gasteiger partial charge in [-0.05, 0) is 34.1 Å². The second kappa shape index (κ2) is 5.66. The van der Waals surface area contributed by atoms with Gasteiger partial charge >= 0.3 is 5.69 Å². The third-order valence-electron chi connectivity index (χ3n) is 2.45. The van der Waals surface area contributed by atoms with Crippen LogP contribution in [-0.4, -0.2) is 20.9 Å². The average Bonchev–Trinajstić information content (AvgIpc) is 2.40. The molecule has 0 spiro atoms. The molecule has 8 heteroatoms. The number of rotatable bonds is 3. The first-order valence-corrected chi connectivity index (χ1v) is 6.16. The Hall–Kier alpha value is -2.48. The van der Waals surface area contributed by atoms with Crippen molar-refractivity contribution in [1.29, 1.82) is 0 Å². The maximum absolute atomic E-state index is 12.0. The monoisotopic (exact) mass is 337 g/mol. The predicted octanol–water partition coefficient (Wildman–Crippen LogP) is 2.71. The number of carbonyl (C=O) groups excluding carboxylic acids is 1. The number of benzene rings is 1. The number of anilines is 1. The molecule has 20 heavy (non-hydrogen) atoms. The van der Waals surface area contributed by atoms with E-state index in [1.807, 2.05) is 0 Å². The molecule has 0 fully saturated rings. The van der Waals surface area contributed by atoms with Gasteiger partial charge < -0.3 is 10.4 Å². The summed E-state index contributed by atoms with van der Waals surface area (Å²) in [7, 11) is 0. The van der Waals surface area contributed by atoms with Crippen LogP contribution in [0.1, 0.15) is 10.4 Å². The molecule has 1 aromatic carbocycles. The van der Waals surface area contributed by atoms with Crippen molar-refractivity contribution in [3.05, 3.63) is 56.8 Å². The van der Waals surface area contributed by atoms with E-state index in [0.29, 0.717) is 10.2 Å². The van der Waals surface area contributed by atoms with E-state index in [4.69, 9.17) is 0 Å². The van der Waals surface area contributed by atoms with E-state index in [1.54, 1.807) is 6.07 Å². The number of hydrogen-bond donors (Lipinski definition) is 2. The van der Waals surface area contributed by atoms with Crippen LogP contribution in [0, 0.1) is 10.1 Å². The minimum Gasteiger partial charge on any atom is -0.502 e. The fourth-order valence-corrected chi connectivity index (χ4v) is 1.84. The van der Waals surface area contributed by atoms with Gasteiger partial charge in [0.1, 0.15) is 0 Å². The van der Waals surface area contributed by atoms with Gasteiger partial charge in [0.15, 0.2) is 5.75 Å². The van der Waals surface area contributed by atoms with Gasteiger partial charge in [0.25, 0.3) is 5.91 Å². The summed E-state index contributed by atoms with van der Waals surface area (Å²) in [4.78, 5) is 25.7. The number of aromatic nitrogens is 1. The summed E-state index contributed by atoms with van der Waals surface area (Å²) in [5.41, 5.74) is 0.159. The second-order valence-corrected chi connectivity index (χ2v) is 4.62. The van der Waals surface area contributed by atoms with Crippen molar-refractivity contribution in [1.82, 2.24) is 4.98 Å². The van der Waals surface area contributed by atoms with Crippen molar-refractivity contribution >= 4 is 33.2 Å². The van der Waals surface area contributed by atoms with Crippen molar-refractivity contribution in [2.24, 2.45) is 0 Å². The molecule has 0 bridgehead atoms. The summed E-state index contributed by atoms with van der Waals surface area (Å²) in [6, 6.07) is 4.98. The molecule has 2 rings (SSSR count). The highest BCUT2D eigenvalue weighted by Gasteiger charge is 2.16. The van der Waals surface area contributed by atoms with Crippen LogP contribution in [0.15, 0.2) is 41.1 Å². The summed E-state index contributed by atoms with van der Waals surface area (Å²) >= 11 is 3.23. The largest absolute Gasteiger partial charge is 0.502 e. The number of nitrogens with one attached hydrogen (secondary N) is 1. The minimum atomic E-state index is -0.726. The van der Waals surface area contributed by atoms with Gasteiger partial charge in [-0.15, -0.1) is 0 Å². The summed E-state index contributed by atoms with van der Waals surface area (Å²) in [6.45, 7) is 0. The lowest BCUT2D eigenvalue weighted by Gasteiger charge is -2.07. The number of nitro groups is 1. The van der Waals surface area contributed by atoms with Crippen LogP contribution in [0.2, 0.25) is 0 Å². The topological polar surface area (TPSA) is 105 Å². The second-order valence-electron chi connectivity index (χ2n) is 3.77. The van der Waals surface area contributed by atoms with Crippen LogP contribution >= 0.6 is 15.9 Å². The Morgan fingerprint density at radius 3 is 2.75 bits per heavy atom. The third kappa shape index (κ3) is 2.91. The first-order chi connectivity index (χ1) is 9.49. The Labute approximate surface area is 121 Å². The molecule has 0 saturated heterocycles. The Morgan fingerprint density at radius 2 is 2.15 bits per heavy atom. The van der Waals surface area contributed by atoms with E-state index in [2.05, 4.69) is 26.2 Å². The van der Waals surface area contributed by atoms with E-state index >= 15 is 0 Å². The molecule has 0 aliphatic carbocycles. The van der Waals surface area contributed by atoms with Gasteiger partial charge in [0.05, 0.1) is 15.1 Å². The lowest BCUT2D eigenvalue weighted by atomic mass is 10.1. The molecule has 1 aromatic heterocycles. The maximum atomic E-state index is 12.0. The number of nitrogens with zero attached hydrogens (tertiary/aromatic N) is 2. The van der Waals surface area contributed by atoms with Crippen molar-refractivity contribution in [3.63, 3.8) is 0 Å². The summed E-state index contributed by atoms with van der Waals surface area (Å²) in [5.74, 6) is -1.06. The number of carbonyl (C=O) groups is 1. The number of hydrogen-bond acceptors (Lipinski definition) is 5. The zero-order valence-electron chi connectivity index (χ0n) is 9.91. The van der Waals surface area contributed by atoms with Crippen molar-refractivity contribution in [2.45, 2.75) is 0 Å². The lowest BCUT2D eigenvalue weighted by molar-refractivity contribution is -0.385. The Balaban J connectivity index is 2.24. The number of phenolic OH excluding ortho intramolecular Hbond substituents is 1. The maximum Gasteiger partial charge on any atom is 0.310 e. The highest BCUT2D eigenvalue weighted by molar-refractivity contribution is 9.10. The Morgan fingerprint density at radius 1 is 1.40 bits per heavy atom. The minimum absolute atomic E-state index is 0.108. The van der Waals surface area contributed by atoms with Crippen molar-refractivity contribution < 1.29 is 14.8 Å². The molecule has 7 nitrogen and oxygen atoms in total. The van der Waals surface area contributed by atoms with Crippen molar-refractivity contribution in [2.75, 3.05) is 5.32 Å². The quantitative estimate of drug-likeness (QED) is 0.661. The molecule has 1 amide bonds. The van der Waals surface area contributed by atoms with Gasteiger partial charge in [-0.25, -0.2) is 0 Å². The number of aromatic hydroxyl groups is 1. The van der Waals surface area contributed by atoms with Crippen LogP contribution < -0.4 is 5.32 Å². The van der Waals surface area contributed by atoms with Crippen LogP contribution in [-0.2, 0) is 0 Å². The highest BCUT2D eigenvalue weighted by atomic mass is 79.9. The molecular formula is C12H8BrN3O4. The van der Waals surface area contributed by atoms with E-state index in [-0.39, 0.29) is 5.56 Å². The van der Waals surface area contributed by atoms with Crippen LogP contribution in [0.5, 0.6) is 5.75 Å². The number of halogens is 1. The molecule has 1 heterocycles. The predicted molar refractivity (Wildman–Crippen MR) is 74.7 cm³/mol. The molecule has 0 aliphatic heterocycles. The lowest BCUT2D eigenvalue weighted by Crippen LogP contribution is -2.12. The van der Waals surface area contributed by atoms with Gasteiger partial charge in [-0.1, -0.05) is 0 Å². The van der Waals surface area contributed by atoms with Gasteiger partial charge in [0.2, 0.25) is 0 Å². The fraction of sp³-hybridized carbons (Fsp3) is 0. The van der Waals surface area contributed by atoms with E-state index in [9.17, 15) is 20.0 Å². The van der Waals surface area contributed by atoms with Crippen LogP contribution in [0.25, 0.3) is 0 Å². The molecule has 0 aliphatic rings. The molecule has 102 valence electrons. The first kappa shape index (κ1) is 13.9. The number of phenols is 1. The zero-order chi connectivity index (χ0) is 14.7.